The molecule has 0 bridgehead atoms. The van der Waals surface area contributed by atoms with Gasteiger partial charge in [0, 0.05) is 37.6 Å². The molecule has 2 N–H and O–H groups in total. The number of hydrogen-bond donors (Lipinski definition) is 2. The van der Waals surface area contributed by atoms with Crippen molar-refractivity contribution in [2.45, 2.75) is 38.8 Å². The largest absolute Gasteiger partial charge is 0.362 e. The van der Waals surface area contributed by atoms with Gasteiger partial charge in [-0.1, -0.05) is 34.8 Å². The van der Waals surface area contributed by atoms with Gasteiger partial charge in [-0.2, -0.15) is 4.98 Å². The second-order valence-corrected chi connectivity index (χ2v) is 9.59. The van der Waals surface area contributed by atoms with E-state index in [-0.39, 0.29) is 16.8 Å². The zero-order valence-corrected chi connectivity index (χ0v) is 20.9. The Hall–Kier alpha value is -2.36. The molecule has 0 aliphatic carbocycles. The molecule has 182 valence electrons. The van der Waals surface area contributed by atoms with E-state index in [0.29, 0.717) is 72.1 Å². The Bertz CT molecular complexity index is 1130. The Labute approximate surface area is 211 Å². The predicted octanol–water partition coefficient (Wildman–Crippen LogP) is 3.98. The molecular formula is C22H24Cl3FN6O2. The van der Waals surface area contributed by atoms with E-state index in [0.717, 1.165) is 0 Å². The fraction of sp³-hybridized carbons (Fsp3) is 0.455. The third-order valence-electron chi connectivity index (χ3n) is 6.03. The number of anilines is 2. The smallest absolute Gasteiger partial charge is 0.245 e. The first-order valence-electron chi connectivity index (χ1n) is 10.9. The number of halogens is 4. The summed E-state index contributed by atoms with van der Waals surface area (Å²) in [5.41, 5.74) is 1.10. The number of benzene rings is 1. The highest BCUT2D eigenvalue weighted by Gasteiger charge is 2.33. The first-order chi connectivity index (χ1) is 16.1. The van der Waals surface area contributed by atoms with Gasteiger partial charge < -0.3 is 20.4 Å². The molecular weight excluding hydrogens is 506 g/mol. The molecule has 1 aromatic carbocycles. The Kier molecular flexibility index (Phi) is 7.35. The van der Waals surface area contributed by atoms with Crippen LogP contribution in [0.2, 0.25) is 15.1 Å². The molecule has 0 saturated carbocycles. The Morgan fingerprint density at radius 2 is 1.88 bits per heavy atom. The maximum Gasteiger partial charge on any atom is 0.245 e. The van der Waals surface area contributed by atoms with Gasteiger partial charge in [0.25, 0.3) is 0 Å². The van der Waals surface area contributed by atoms with Crippen molar-refractivity contribution in [3.05, 3.63) is 44.3 Å². The standard InChI is InChI=1S/C22H24Cl3FN6O2/c1-11(13-9-16(26)15(24)10-14(13)23)27-20-19(25)12(2)28-22(30-20)32-7-5-31(6-8-32)21(34)17-3-4-18(33)29-17/h9-11,17H,3-8H2,1-2H3,(H,29,33)(H,27,28,30)/t11-,17-/m1/s1. The molecule has 2 saturated heterocycles. The second-order valence-electron chi connectivity index (χ2n) is 8.40. The maximum atomic E-state index is 14.0. The zero-order chi connectivity index (χ0) is 24.6. The number of piperazine rings is 1. The van der Waals surface area contributed by atoms with Crippen molar-refractivity contribution >= 4 is 58.4 Å². The summed E-state index contributed by atoms with van der Waals surface area (Å²) in [7, 11) is 0. The number of amides is 2. The number of nitrogens with one attached hydrogen (secondary N) is 2. The summed E-state index contributed by atoms with van der Waals surface area (Å²) >= 11 is 18.5. The lowest BCUT2D eigenvalue weighted by atomic mass is 10.1. The summed E-state index contributed by atoms with van der Waals surface area (Å²) in [5.74, 6) is 0.173. The first kappa shape index (κ1) is 24.8. The molecule has 2 aromatic rings. The third-order valence-corrected chi connectivity index (χ3v) is 7.10. The molecule has 0 radical (unpaired) electrons. The lowest BCUT2D eigenvalue weighted by Gasteiger charge is -2.36. The van der Waals surface area contributed by atoms with Gasteiger partial charge in [-0.05, 0) is 38.0 Å². The first-order valence-corrected chi connectivity index (χ1v) is 12.1. The molecule has 2 amide bonds. The molecule has 2 atom stereocenters. The van der Waals surface area contributed by atoms with Gasteiger partial charge in [0.15, 0.2) is 5.82 Å². The van der Waals surface area contributed by atoms with Gasteiger partial charge in [-0.25, -0.2) is 9.37 Å². The Balaban J connectivity index is 1.46. The molecule has 4 rings (SSSR count). The average Bonchev–Trinajstić information content (AvgIpc) is 3.25. The fourth-order valence-electron chi connectivity index (χ4n) is 4.08. The van der Waals surface area contributed by atoms with Crippen LogP contribution in [0, 0.1) is 12.7 Å². The highest BCUT2D eigenvalue weighted by atomic mass is 35.5. The van der Waals surface area contributed by atoms with E-state index in [1.54, 1.807) is 11.8 Å². The third kappa shape index (κ3) is 5.16. The van der Waals surface area contributed by atoms with E-state index in [9.17, 15) is 14.0 Å². The molecule has 8 nitrogen and oxygen atoms in total. The van der Waals surface area contributed by atoms with Crippen molar-refractivity contribution < 1.29 is 14.0 Å². The van der Waals surface area contributed by atoms with Crippen molar-refractivity contribution in [3.63, 3.8) is 0 Å². The summed E-state index contributed by atoms with van der Waals surface area (Å²) in [5, 5.41) is 6.55. The predicted molar refractivity (Wildman–Crippen MR) is 130 cm³/mol. The summed E-state index contributed by atoms with van der Waals surface area (Å²) in [6, 6.07) is 1.81. The molecule has 0 spiro atoms. The summed E-state index contributed by atoms with van der Waals surface area (Å²) in [6.07, 6.45) is 0.919. The van der Waals surface area contributed by atoms with Gasteiger partial charge in [0.05, 0.1) is 16.8 Å². The monoisotopic (exact) mass is 528 g/mol. The number of hydrogen-bond acceptors (Lipinski definition) is 6. The van der Waals surface area contributed by atoms with E-state index in [2.05, 4.69) is 20.6 Å². The molecule has 3 heterocycles. The van der Waals surface area contributed by atoms with Gasteiger partial charge in [-0.3, -0.25) is 9.59 Å². The number of carbonyl (C=O) groups excluding carboxylic acids is 2. The SMILES string of the molecule is Cc1nc(N2CCN(C(=O)[C@H]3CCC(=O)N3)CC2)nc(N[C@H](C)c2cc(F)c(Cl)cc2Cl)c1Cl. The molecule has 0 unspecified atom stereocenters. The molecule has 1 aromatic heterocycles. The lowest BCUT2D eigenvalue weighted by Crippen LogP contribution is -2.53. The number of aromatic nitrogens is 2. The van der Waals surface area contributed by atoms with E-state index in [1.807, 2.05) is 11.8 Å². The number of carbonyl (C=O) groups is 2. The topological polar surface area (TPSA) is 90.5 Å². The quantitative estimate of drug-likeness (QED) is 0.570. The number of aryl methyl sites for hydroxylation is 1. The normalized spacial score (nSPS) is 19.2. The molecule has 12 heteroatoms. The van der Waals surface area contributed by atoms with Gasteiger partial charge in [0.1, 0.15) is 16.9 Å². The molecule has 34 heavy (non-hydrogen) atoms. The minimum absolute atomic E-state index is 0.0490. The van der Waals surface area contributed by atoms with Crippen molar-refractivity contribution in [1.29, 1.82) is 0 Å². The highest BCUT2D eigenvalue weighted by Crippen LogP contribution is 2.33. The minimum atomic E-state index is -0.565. The van der Waals surface area contributed by atoms with E-state index < -0.39 is 17.9 Å². The van der Waals surface area contributed by atoms with Crippen LogP contribution in [0.3, 0.4) is 0 Å². The summed E-state index contributed by atoms with van der Waals surface area (Å²) in [4.78, 5) is 36.9. The van der Waals surface area contributed by atoms with Crippen LogP contribution < -0.4 is 15.5 Å². The summed E-state index contributed by atoms with van der Waals surface area (Å²) < 4.78 is 14.0. The van der Waals surface area contributed by atoms with Gasteiger partial charge in [0.2, 0.25) is 17.8 Å². The average molecular weight is 530 g/mol. The van der Waals surface area contributed by atoms with Crippen LogP contribution in [0.25, 0.3) is 0 Å². The number of rotatable bonds is 5. The van der Waals surface area contributed by atoms with E-state index in [4.69, 9.17) is 34.8 Å². The van der Waals surface area contributed by atoms with Crippen LogP contribution in [0.5, 0.6) is 0 Å². The second kappa shape index (κ2) is 10.1. The van der Waals surface area contributed by atoms with Crippen LogP contribution in [-0.2, 0) is 9.59 Å². The van der Waals surface area contributed by atoms with E-state index in [1.165, 1.54) is 12.1 Å². The van der Waals surface area contributed by atoms with Crippen LogP contribution in [0.1, 0.15) is 37.1 Å². The van der Waals surface area contributed by atoms with Crippen LogP contribution in [0.4, 0.5) is 16.2 Å². The van der Waals surface area contributed by atoms with Crippen molar-refractivity contribution in [2.75, 3.05) is 36.4 Å². The highest BCUT2D eigenvalue weighted by molar-refractivity contribution is 6.35. The minimum Gasteiger partial charge on any atom is -0.362 e. The van der Waals surface area contributed by atoms with Crippen LogP contribution in [0.15, 0.2) is 12.1 Å². The maximum absolute atomic E-state index is 14.0. The lowest BCUT2D eigenvalue weighted by molar-refractivity contribution is -0.134. The Morgan fingerprint density at radius 1 is 1.18 bits per heavy atom. The molecule has 2 fully saturated rings. The van der Waals surface area contributed by atoms with Gasteiger partial charge >= 0.3 is 0 Å². The molecule has 2 aliphatic rings. The van der Waals surface area contributed by atoms with Crippen molar-refractivity contribution in [1.82, 2.24) is 20.2 Å². The number of nitrogens with zero attached hydrogens (tertiary/aromatic N) is 4. The van der Waals surface area contributed by atoms with E-state index >= 15 is 0 Å². The fourth-order valence-corrected chi connectivity index (χ4v) is 4.77. The van der Waals surface area contributed by atoms with Crippen molar-refractivity contribution in [3.8, 4) is 0 Å². The van der Waals surface area contributed by atoms with Crippen LogP contribution >= 0.6 is 34.8 Å². The zero-order valence-electron chi connectivity index (χ0n) is 18.7. The Morgan fingerprint density at radius 3 is 2.53 bits per heavy atom. The summed E-state index contributed by atoms with van der Waals surface area (Å²) in [6.45, 7) is 5.66. The van der Waals surface area contributed by atoms with Gasteiger partial charge in [-0.15, -0.1) is 0 Å². The van der Waals surface area contributed by atoms with Crippen molar-refractivity contribution in [2.24, 2.45) is 0 Å². The molecule has 2 aliphatic heterocycles. The van der Waals surface area contributed by atoms with Crippen LogP contribution in [-0.4, -0.2) is 58.9 Å².